The fourth-order valence-electron chi connectivity index (χ4n) is 2.38. The number of quaternary nitrogens is 1. The predicted molar refractivity (Wildman–Crippen MR) is 100 cm³/mol. The summed E-state index contributed by atoms with van der Waals surface area (Å²) in [6, 6.07) is 15.6. The summed E-state index contributed by atoms with van der Waals surface area (Å²) in [4.78, 5) is 12.3. The van der Waals surface area contributed by atoms with Crippen LogP contribution in [0.1, 0.15) is 38.8 Å². The van der Waals surface area contributed by atoms with Crippen LogP contribution in [0.5, 0.6) is 0 Å². The van der Waals surface area contributed by atoms with Gasteiger partial charge in [0.05, 0.1) is 0 Å². The first-order valence-electron chi connectivity index (χ1n) is 8.25. The minimum absolute atomic E-state index is 0.00874. The Morgan fingerprint density at radius 2 is 1.75 bits per heavy atom. The van der Waals surface area contributed by atoms with Gasteiger partial charge in [0, 0.05) is 16.3 Å². The third kappa shape index (κ3) is 5.08. The fourth-order valence-corrected chi connectivity index (χ4v) is 2.60. The molecule has 2 aromatic carbocycles. The van der Waals surface area contributed by atoms with E-state index in [1.807, 2.05) is 48.6 Å². The van der Waals surface area contributed by atoms with Gasteiger partial charge in [0.25, 0.3) is 5.91 Å². The highest BCUT2D eigenvalue weighted by Gasteiger charge is 2.17. The van der Waals surface area contributed by atoms with Crippen molar-refractivity contribution in [1.82, 2.24) is 0 Å². The van der Waals surface area contributed by atoms with Gasteiger partial charge in [0.2, 0.25) is 0 Å². The molecule has 0 aromatic heterocycles. The first-order chi connectivity index (χ1) is 11.3. The Morgan fingerprint density at radius 1 is 1.12 bits per heavy atom. The number of hydrogen-bond acceptors (Lipinski definition) is 1. The minimum atomic E-state index is -0.191. The lowest BCUT2D eigenvalue weighted by atomic mass is 9.87. The van der Waals surface area contributed by atoms with E-state index in [0.717, 1.165) is 16.3 Å². The highest BCUT2D eigenvalue weighted by atomic mass is 35.5. The zero-order valence-electron chi connectivity index (χ0n) is 14.8. The molecule has 3 N–H and O–H groups in total. The molecule has 0 aliphatic rings. The number of halogens is 1. The van der Waals surface area contributed by atoms with Crippen LogP contribution in [0.15, 0.2) is 48.5 Å². The molecule has 0 saturated carbocycles. The van der Waals surface area contributed by atoms with Crippen molar-refractivity contribution in [2.75, 3.05) is 5.32 Å². The monoisotopic (exact) mass is 345 g/mol. The van der Waals surface area contributed by atoms with Crippen LogP contribution in [0, 0.1) is 0 Å². The van der Waals surface area contributed by atoms with Crippen molar-refractivity contribution in [2.24, 2.45) is 0 Å². The number of hydrogen-bond donors (Lipinski definition) is 2. The molecule has 4 heteroatoms. The second-order valence-corrected chi connectivity index (χ2v) is 7.54. The SMILES string of the molecule is C[C@@H]([NH2+]Cc1ccccc1Cl)C(=O)Nc1ccc(C(C)(C)C)cc1. The van der Waals surface area contributed by atoms with Crippen molar-refractivity contribution < 1.29 is 10.1 Å². The van der Waals surface area contributed by atoms with Crippen LogP contribution < -0.4 is 10.6 Å². The molecular weight excluding hydrogens is 320 g/mol. The van der Waals surface area contributed by atoms with E-state index >= 15 is 0 Å². The average Bonchev–Trinajstić information content (AvgIpc) is 2.53. The Bertz CT molecular complexity index is 690. The molecule has 0 radical (unpaired) electrons. The Morgan fingerprint density at radius 3 is 2.33 bits per heavy atom. The van der Waals surface area contributed by atoms with Crippen molar-refractivity contribution in [2.45, 2.75) is 45.7 Å². The van der Waals surface area contributed by atoms with Crippen LogP contribution in [-0.4, -0.2) is 11.9 Å². The van der Waals surface area contributed by atoms with Crippen LogP contribution in [0.3, 0.4) is 0 Å². The molecule has 0 spiro atoms. The van der Waals surface area contributed by atoms with Gasteiger partial charge in [0.15, 0.2) is 6.04 Å². The molecular formula is C20H26ClN2O+. The number of nitrogens with one attached hydrogen (secondary N) is 1. The number of anilines is 1. The summed E-state index contributed by atoms with van der Waals surface area (Å²) in [5.41, 5.74) is 3.22. The maximum atomic E-state index is 12.3. The first kappa shape index (κ1) is 18.5. The van der Waals surface area contributed by atoms with Crippen molar-refractivity contribution >= 4 is 23.2 Å². The molecule has 24 heavy (non-hydrogen) atoms. The summed E-state index contributed by atoms with van der Waals surface area (Å²) in [6.45, 7) is 9.10. The first-order valence-corrected chi connectivity index (χ1v) is 8.63. The highest BCUT2D eigenvalue weighted by molar-refractivity contribution is 6.31. The van der Waals surface area contributed by atoms with E-state index in [1.54, 1.807) is 0 Å². The minimum Gasteiger partial charge on any atom is -0.332 e. The number of rotatable bonds is 5. The van der Waals surface area contributed by atoms with Gasteiger partial charge in [-0.15, -0.1) is 0 Å². The molecule has 0 fully saturated rings. The Hall–Kier alpha value is -1.84. The largest absolute Gasteiger partial charge is 0.332 e. The maximum Gasteiger partial charge on any atom is 0.282 e. The number of nitrogens with two attached hydrogens (primary N) is 1. The number of carbonyl (C=O) groups excluding carboxylic acids is 1. The van der Waals surface area contributed by atoms with Gasteiger partial charge in [-0.25, -0.2) is 0 Å². The number of carbonyl (C=O) groups is 1. The standard InChI is InChI=1S/C20H25ClN2O/c1-14(22-13-15-7-5-6-8-18(15)21)19(24)23-17-11-9-16(10-12-17)20(2,3)4/h5-12,14,22H,13H2,1-4H3,(H,23,24)/p+1/t14-/m1/s1. The zero-order valence-corrected chi connectivity index (χ0v) is 15.5. The van der Waals surface area contributed by atoms with E-state index in [-0.39, 0.29) is 17.4 Å². The summed E-state index contributed by atoms with van der Waals surface area (Å²) >= 11 is 6.15. The van der Waals surface area contributed by atoms with Gasteiger partial charge in [-0.1, -0.05) is 62.7 Å². The molecule has 0 saturated heterocycles. The van der Waals surface area contributed by atoms with Gasteiger partial charge in [-0.05, 0) is 36.1 Å². The topological polar surface area (TPSA) is 45.7 Å². The molecule has 0 heterocycles. The smallest absolute Gasteiger partial charge is 0.282 e. The third-order valence-corrected chi connectivity index (χ3v) is 4.45. The lowest BCUT2D eigenvalue weighted by molar-refractivity contribution is -0.688. The lowest BCUT2D eigenvalue weighted by Gasteiger charge is -2.19. The van der Waals surface area contributed by atoms with Crippen LogP contribution in [0.4, 0.5) is 5.69 Å². The molecule has 1 amide bonds. The second-order valence-electron chi connectivity index (χ2n) is 7.14. The van der Waals surface area contributed by atoms with Crippen LogP contribution in [0.2, 0.25) is 5.02 Å². The normalized spacial score (nSPS) is 12.7. The molecule has 3 nitrogen and oxygen atoms in total. The third-order valence-electron chi connectivity index (χ3n) is 4.08. The van der Waals surface area contributed by atoms with Gasteiger partial charge in [-0.3, -0.25) is 4.79 Å². The van der Waals surface area contributed by atoms with Gasteiger partial charge in [-0.2, -0.15) is 0 Å². The quantitative estimate of drug-likeness (QED) is 0.852. The average molecular weight is 346 g/mol. The van der Waals surface area contributed by atoms with Crippen molar-refractivity contribution in [1.29, 1.82) is 0 Å². The van der Waals surface area contributed by atoms with Crippen LogP contribution >= 0.6 is 11.6 Å². The van der Waals surface area contributed by atoms with E-state index < -0.39 is 0 Å². The van der Waals surface area contributed by atoms with E-state index in [1.165, 1.54) is 5.56 Å². The lowest BCUT2D eigenvalue weighted by Crippen LogP contribution is -2.90. The van der Waals surface area contributed by atoms with Gasteiger partial charge >= 0.3 is 0 Å². The van der Waals surface area contributed by atoms with E-state index in [4.69, 9.17) is 11.6 Å². The molecule has 128 valence electrons. The van der Waals surface area contributed by atoms with Gasteiger partial charge < -0.3 is 10.6 Å². The summed E-state index contributed by atoms with van der Waals surface area (Å²) in [5, 5.41) is 5.69. The van der Waals surface area contributed by atoms with Crippen molar-refractivity contribution in [3.63, 3.8) is 0 Å². The Labute approximate surface area is 149 Å². The summed E-state index contributed by atoms with van der Waals surface area (Å²) < 4.78 is 0. The number of benzene rings is 2. The van der Waals surface area contributed by atoms with E-state index in [2.05, 4.69) is 38.2 Å². The molecule has 0 unspecified atom stereocenters. The molecule has 1 atom stereocenters. The maximum absolute atomic E-state index is 12.3. The number of amides is 1. The highest BCUT2D eigenvalue weighted by Crippen LogP contribution is 2.23. The Balaban J connectivity index is 1.91. The molecule has 0 aliphatic heterocycles. The molecule has 2 rings (SSSR count). The fraction of sp³-hybridized carbons (Fsp3) is 0.350. The predicted octanol–water partition coefficient (Wildman–Crippen LogP) is 3.73. The molecule has 2 aromatic rings. The Kier molecular flexibility index (Phi) is 6.03. The zero-order chi connectivity index (χ0) is 17.7. The summed E-state index contributed by atoms with van der Waals surface area (Å²) in [6.07, 6.45) is 0. The van der Waals surface area contributed by atoms with Gasteiger partial charge in [0.1, 0.15) is 6.54 Å². The van der Waals surface area contributed by atoms with Crippen LogP contribution in [-0.2, 0) is 16.8 Å². The molecule has 0 aliphatic carbocycles. The van der Waals surface area contributed by atoms with E-state index in [9.17, 15) is 4.79 Å². The van der Waals surface area contributed by atoms with Crippen molar-refractivity contribution in [3.8, 4) is 0 Å². The van der Waals surface area contributed by atoms with E-state index in [0.29, 0.717) is 6.54 Å². The van der Waals surface area contributed by atoms with Crippen LogP contribution in [0.25, 0.3) is 0 Å². The molecule has 0 bridgehead atoms. The summed E-state index contributed by atoms with van der Waals surface area (Å²) in [7, 11) is 0. The van der Waals surface area contributed by atoms with Crippen molar-refractivity contribution in [3.05, 3.63) is 64.7 Å². The summed E-state index contributed by atoms with van der Waals surface area (Å²) in [5.74, 6) is -0.00874. The second kappa shape index (κ2) is 7.82.